The van der Waals surface area contributed by atoms with Crippen molar-refractivity contribution in [3.63, 3.8) is 0 Å². The Kier molecular flexibility index (Phi) is 6.90. The number of fused-ring (bicyclic) bond motifs is 1. The van der Waals surface area contributed by atoms with Crippen molar-refractivity contribution < 1.29 is 25.2 Å². The zero-order chi connectivity index (χ0) is 23.4. The van der Waals surface area contributed by atoms with Crippen LogP contribution in [0, 0.1) is 23.3 Å². The topological polar surface area (TPSA) is 74.8 Å². The third kappa shape index (κ3) is 5.31. The van der Waals surface area contributed by atoms with Crippen molar-refractivity contribution >= 4 is 16.8 Å². The van der Waals surface area contributed by atoms with Crippen molar-refractivity contribution in [1.82, 2.24) is 15.3 Å². The molecule has 0 spiro atoms. The van der Waals surface area contributed by atoms with E-state index in [9.17, 15) is 27.2 Å². The Balaban J connectivity index is 0.000000734. The van der Waals surface area contributed by atoms with Crippen LogP contribution in [0.4, 0.5) is 17.6 Å². The van der Waals surface area contributed by atoms with Gasteiger partial charge in [-0.1, -0.05) is 0 Å². The largest absolute Gasteiger partial charge is 0.348 e. The third-order valence-electron chi connectivity index (χ3n) is 4.72. The van der Waals surface area contributed by atoms with E-state index in [4.69, 9.17) is 0 Å². The molecule has 1 aromatic carbocycles. The minimum atomic E-state index is -1.14. The molecule has 0 bridgehead atoms. The first-order valence-electron chi connectivity index (χ1n) is 9.66. The summed E-state index contributed by atoms with van der Waals surface area (Å²) in [4.78, 5) is 30.2. The van der Waals surface area contributed by atoms with Gasteiger partial charge in [0.2, 0.25) is 5.91 Å². The average Bonchev–Trinajstić information content (AvgIpc) is 2.70. The predicted octanol–water partition coefficient (Wildman–Crippen LogP) is 4.88. The minimum absolute atomic E-state index is 0. The van der Waals surface area contributed by atoms with Crippen molar-refractivity contribution in [3.8, 4) is 0 Å². The smallest absolute Gasteiger partial charge is 0.252 e. The summed E-state index contributed by atoms with van der Waals surface area (Å²) in [6, 6.07) is 2.92. The van der Waals surface area contributed by atoms with Gasteiger partial charge in [-0.05, 0) is 43.7 Å². The Labute approximate surface area is 183 Å². The SMILES string of the molecule is CC1=C=CC1.C[C@@H](NC(=O)Cc1cc2c(F)c(F)ccc2[nH]c1=O)c1ncc(F)cc1F.[HH].[HH]. The second-order valence-corrected chi connectivity index (χ2v) is 7.27. The molecule has 3 aromatic rings. The number of hydrogen-bond acceptors (Lipinski definition) is 3. The van der Waals surface area contributed by atoms with Crippen LogP contribution in [0.2, 0.25) is 0 Å². The van der Waals surface area contributed by atoms with E-state index in [0.717, 1.165) is 18.3 Å². The number of benzene rings is 1. The Morgan fingerprint density at radius 2 is 1.94 bits per heavy atom. The maximum absolute atomic E-state index is 13.9. The minimum Gasteiger partial charge on any atom is -0.348 e. The standard InChI is InChI=1S/C18H13F4N3O2.C5H6.2H2/c1-8(17-13(21)6-10(19)7-23-17)24-15(26)5-9-4-11-14(25-18(9)27)3-2-12(20)16(11)22;1-5-3-2-4-5;;/h2-4,6-8H,5H2,1H3,(H,24,26)(H,25,27);2H,3H2,1H3;2*1H/t8-;;;/m1.../s1. The van der Waals surface area contributed by atoms with Gasteiger partial charge in [-0.3, -0.25) is 14.6 Å². The van der Waals surface area contributed by atoms with E-state index in [1.165, 1.54) is 25.0 Å². The molecule has 9 heteroatoms. The Morgan fingerprint density at radius 1 is 1.25 bits per heavy atom. The first-order valence-corrected chi connectivity index (χ1v) is 9.66. The maximum atomic E-state index is 13.9. The molecule has 2 N–H and O–H groups in total. The maximum Gasteiger partial charge on any atom is 0.252 e. The highest BCUT2D eigenvalue weighted by molar-refractivity contribution is 5.83. The Hall–Kier alpha value is -3.71. The molecule has 0 saturated heterocycles. The number of carbonyl (C=O) groups is 1. The highest BCUT2D eigenvalue weighted by Gasteiger charge is 2.18. The zero-order valence-electron chi connectivity index (χ0n) is 17.2. The lowest BCUT2D eigenvalue weighted by Gasteiger charge is -2.14. The Bertz CT molecular complexity index is 1320. The fraction of sp³-hybridized carbons (Fsp3) is 0.217. The first kappa shape index (κ1) is 23.0. The van der Waals surface area contributed by atoms with Gasteiger partial charge in [-0.2, -0.15) is 0 Å². The highest BCUT2D eigenvalue weighted by atomic mass is 19.2. The summed E-state index contributed by atoms with van der Waals surface area (Å²) < 4.78 is 53.9. The molecule has 1 atom stereocenters. The molecule has 0 saturated carbocycles. The zero-order valence-corrected chi connectivity index (χ0v) is 17.2. The molecular formula is C23H23F4N3O2. The van der Waals surface area contributed by atoms with Crippen molar-refractivity contribution in [1.29, 1.82) is 0 Å². The fourth-order valence-electron chi connectivity index (χ4n) is 2.97. The van der Waals surface area contributed by atoms with Gasteiger partial charge in [-0.15, -0.1) is 5.73 Å². The molecule has 1 aliphatic rings. The number of nitrogens with one attached hydrogen (secondary N) is 2. The van der Waals surface area contributed by atoms with Crippen LogP contribution in [0.25, 0.3) is 10.9 Å². The fourth-order valence-corrected chi connectivity index (χ4v) is 2.97. The van der Waals surface area contributed by atoms with Gasteiger partial charge in [0.25, 0.3) is 5.56 Å². The summed E-state index contributed by atoms with van der Waals surface area (Å²) in [5, 5.41) is 2.25. The molecule has 2 heterocycles. The van der Waals surface area contributed by atoms with Gasteiger partial charge in [0, 0.05) is 26.3 Å². The van der Waals surface area contributed by atoms with E-state index in [0.29, 0.717) is 6.07 Å². The van der Waals surface area contributed by atoms with Crippen molar-refractivity contribution in [3.05, 3.63) is 92.7 Å². The van der Waals surface area contributed by atoms with Crippen LogP contribution in [0.15, 0.2) is 52.6 Å². The molecule has 0 fully saturated rings. The lowest BCUT2D eigenvalue weighted by atomic mass is 10.1. The summed E-state index contributed by atoms with van der Waals surface area (Å²) >= 11 is 0. The van der Waals surface area contributed by atoms with E-state index in [1.54, 1.807) is 0 Å². The van der Waals surface area contributed by atoms with E-state index < -0.39 is 47.2 Å². The van der Waals surface area contributed by atoms with Crippen LogP contribution in [0.1, 0.15) is 40.4 Å². The van der Waals surface area contributed by atoms with Crippen LogP contribution >= 0.6 is 0 Å². The number of hydrogen-bond donors (Lipinski definition) is 2. The van der Waals surface area contributed by atoms with E-state index >= 15 is 0 Å². The number of aromatic amines is 1. The number of aromatic nitrogens is 2. The summed E-state index contributed by atoms with van der Waals surface area (Å²) in [6.07, 6.45) is 3.57. The first-order chi connectivity index (χ1) is 15.2. The molecule has 0 unspecified atom stereocenters. The number of allylic oxidation sites excluding steroid dienone is 1. The lowest BCUT2D eigenvalue weighted by Crippen LogP contribution is -2.31. The molecular weight excluding hydrogens is 426 g/mol. The highest BCUT2D eigenvalue weighted by Crippen LogP contribution is 2.19. The van der Waals surface area contributed by atoms with E-state index in [1.807, 2.05) is 6.08 Å². The summed E-state index contributed by atoms with van der Waals surface area (Å²) in [7, 11) is 0. The number of rotatable bonds is 4. The van der Waals surface area contributed by atoms with Crippen LogP contribution in [-0.4, -0.2) is 15.9 Å². The second kappa shape index (κ2) is 9.62. The molecule has 0 aliphatic heterocycles. The summed E-state index contributed by atoms with van der Waals surface area (Å²) in [5.74, 6) is -4.68. The van der Waals surface area contributed by atoms with Crippen LogP contribution < -0.4 is 10.9 Å². The van der Waals surface area contributed by atoms with Gasteiger partial charge < -0.3 is 10.3 Å². The molecule has 170 valence electrons. The number of nitrogens with zero attached hydrogens (tertiary/aromatic N) is 1. The van der Waals surface area contributed by atoms with Gasteiger partial charge in [0.15, 0.2) is 11.6 Å². The molecule has 1 amide bonds. The summed E-state index contributed by atoms with van der Waals surface area (Å²) in [5.41, 5.74) is 3.57. The molecule has 0 radical (unpaired) electrons. The third-order valence-corrected chi connectivity index (χ3v) is 4.72. The molecule has 32 heavy (non-hydrogen) atoms. The average molecular weight is 449 g/mol. The predicted molar refractivity (Wildman–Crippen MR) is 115 cm³/mol. The number of halogens is 4. The van der Waals surface area contributed by atoms with Crippen LogP contribution in [-0.2, 0) is 11.2 Å². The number of pyridine rings is 2. The van der Waals surface area contributed by atoms with Crippen molar-refractivity contribution in [2.24, 2.45) is 0 Å². The van der Waals surface area contributed by atoms with Gasteiger partial charge in [-0.25, -0.2) is 17.6 Å². The lowest BCUT2D eigenvalue weighted by molar-refractivity contribution is -0.121. The monoisotopic (exact) mass is 449 g/mol. The quantitative estimate of drug-likeness (QED) is 0.440. The van der Waals surface area contributed by atoms with E-state index in [2.05, 4.69) is 27.9 Å². The van der Waals surface area contributed by atoms with Crippen LogP contribution in [0.3, 0.4) is 0 Å². The number of carbonyl (C=O) groups excluding carboxylic acids is 1. The van der Waals surface area contributed by atoms with Gasteiger partial charge in [0.1, 0.15) is 11.6 Å². The number of amides is 1. The molecule has 2 aromatic heterocycles. The molecule has 5 nitrogen and oxygen atoms in total. The normalized spacial score (nSPS) is 13.0. The Morgan fingerprint density at radius 3 is 2.53 bits per heavy atom. The molecule has 1 aliphatic carbocycles. The second-order valence-electron chi connectivity index (χ2n) is 7.27. The number of H-pyrrole nitrogens is 1. The van der Waals surface area contributed by atoms with Crippen LogP contribution in [0.5, 0.6) is 0 Å². The van der Waals surface area contributed by atoms with Gasteiger partial charge >= 0.3 is 0 Å². The molecule has 4 rings (SSSR count). The summed E-state index contributed by atoms with van der Waals surface area (Å²) in [6.45, 7) is 3.51. The van der Waals surface area contributed by atoms with Crippen molar-refractivity contribution in [2.45, 2.75) is 32.7 Å². The van der Waals surface area contributed by atoms with Crippen molar-refractivity contribution in [2.75, 3.05) is 0 Å². The van der Waals surface area contributed by atoms with Gasteiger partial charge in [0.05, 0.1) is 29.9 Å². The van der Waals surface area contributed by atoms with E-state index in [-0.39, 0.29) is 25.0 Å².